The maximum absolute atomic E-state index is 11.7. The fourth-order valence-electron chi connectivity index (χ4n) is 2.09. The molecule has 0 bridgehead atoms. The van der Waals surface area contributed by atoms with E-state index >= 15 is 0 Å². The van der Waals surface area contributed by atoms with Crippen molar-refractivity contribution >= 4 is 5.91 Å². The molecule has 1 amide bonds. The molecule has 1 aromatic heterocycles. The number of likely N-dealkylation sites (N-methyl/N-ethyl adjacent to an activating group) is 1. The van der Waals surface area contributed by atoms with Crippen LogP contribution in [0.25, 0.3) is 0 Å². The van der Waals surface area contributed by atoms with Gasteiger partial charge in [0.15, 0.2) is 0 Å². The highest BCUT2D eigenvalue weighted by Crippen LogP contribution is 2.28. The Bertz CT molecular complexity index is 456. The van der Waals surface area contributed by atoms with E-state index in [0.717, 1.165) is 13.1 Å². The van der Waals surface area contributed by atoms with Crippen LogP contribution in [0.3, 0.4) is 0 Å². The van der Waals surface area contributed by atoms with Crippen LogP contribution in [0.5, 0.6) is 0 Å². The summed E-state index contributed by atoms with van der Waals surface area (Å²) in [5, 5.41) is 4.32. The number of nitrogens with zero attached hydrogens (tertiary/aromatic N) is 4. The van der Waals surface area contributed by atoms with E-state index in [1.54, 1.807) is 19.0 Å². The molecule has 5 nitrogen and oxygen atoms in total. The minimum atomic E-state index is 0.0788. The van der Waals surface area contributed by atoms with Crippen LogP contribution in [-0.2, 0) is 24.4 Å². The largest absolute Gasteiger partial charge is 0.347 e. The predicted octanol–water partition coefficient (Wildman–Crippen LogP) is 1.09. The molecule has 2 rings (SSSR count). The Labute approximate surface area is 108 Å². The van der Waals surface area contributed by atoms with E-state index in [0.29, 0.717) is 6.54 Å². The quantitative estimate of drug-likeness (QED) is 0.789. The second-order valence-electron chi connectivity index (χ2n) is 6.09. The lowest BCUT2D eigenvalue weighted by molar-refractivity contribution is -0.129. The van der Waals surface area contributed by atoms with Crippen LogP contribution in [-0.4, -0.2) is 45.1 Å². The van der Waals surface area contributed by atoms with Crippen molar-refractivity contribution in [3.8, 4) is 0 Å². The van der Waals surface area contributed by atoms with Gasteiger partial charge < -0.3 is 4.90 Å². The normalized spacial score (nSPS) is 15.8. The molecule has 0 N–H and O–H groups in total. The van der Waals surface area contributed by atoms with Gasteiger partial charge in [0.1, 0.15) is 6.54 Å². The molecule has 0 spiro atoms. The Morgan fingerprint density at radius 1 is 1.39 bits per heavy atom. The molecule has 0 radical (unpaired) electrons. The lowest BCUT2D eigenvalue weighted by atomic mass is 10.1. The zero-order valence-electron chi connectivity index (χ0n) is 11.9. The Balaban J connectivity index is 2.14. The van der Waals surface area contributed by atoms with Gasteiger partial charge in [-0.15, -0.1) is 0 Å². The Morgan fingerprint density at radius 2 is 2.06 bits per heavy atom. The van der Waals surface area contributed by atoms with Crippen molar-refractivity contribution in [1.29, 1.82) is 0 Å². The zero-order chi connectivity index (χ0) is 13.5. The molecule has 1 aromatic rings. The van der Waals surface area contributed by atoms with Crippen LogP contribution in [0.1, 0.15) is 32.0 Å². The number of rotatable bonds is 2. The van der Waals surface area contributed by atoms with Crippen molar-refractivity contribution in [1.82, 2.24) is 19.6 Å². The zero-order valence-corrected chi connectivity index (χ0v) is 11.9. The monoisotopic (exact) mass is 250 g/mol. The van der Waals surface area contributed by atoms with Gasteiger partial charge in [-0.3, -0.25) is 14.4 Å². The minimum Gasteiger partial charge on any atom is -0.347 e. The van der Waals surface area contributed by atoms with Crippen LogP contribution < -0.4 is 0 Å². The van der Waals surface area contributed by atoms with Gasteiger partial charge in [-0.25, -0.2) is 0 Å². The first-order valence-electron chi connectivity index (χ1n) is 6.28. The molecule has 0 unspecified atom stereocenters. The molecule has 0 saturated carbocycles. The SMILES string of the molecule is CN(C)C(=O)Cn1ncc2c1CN(C(C)(C)C)C2. The molecule has 1 aliphatic heterocycles. The molecule has 0 fully saturated rings. The van der Waals surface area contributed by atoms with Crippen molar-refractivity contribution < 1.29 is 4.79 Å². The van der Waals surface area contributed by atoms with Gasteiger partial charge in [0.2, 0.25) is 5.91 Å². The number of carbonyl (C=O) groups excluding carboxylic acids is 1. The Morgan fingerprint density at radius 3 is 2.61 bits per heavy atom. The summed E-state index contributed by atoms with van der Waals surface area (Å²) in [6.45, 7) is 8.76. The van der Waals surface area contributed by atoms with E-state index in [2.05, 4.69) is 30.8 Å². The third kappa shape index (κ3) is 2.41. The fourth-order valence-corrected chi connectivity index (χ4v) is 2.09. The maximum Gasteiger partial charge on any atom is 0.243 e. The molecule has 100 valence electrons. The van der Waals surface area contributed by atoms with E-state index in [1.165, 1.54) is 11.3 Å². The second kappa shape index (κ2) is 4.39. The molecule has 0 aliphatic carbocycles. The predicted molar refractivity (Wildman–Crippen MR) is 69.9 cm³/mol. The molecular weight excluding hydrogens is 228 g/mol. The summed E-state index contributed by atoms with van der Waals surface area (Å²) < 4.78 is 1.84. The molecule has 18 heavy (non-hydrogen) atoms. The van der Waals surface area contributed by atoms with Gasteiger partial charge in [0.25, 0.3) is 0 Å². The smallest absolute Gasteiger partial charge is 0.243 e. The highest BCUT2D eigenvalue weighted by molar-refractivity contribution is 5.75. The average molecular weight is 250 g/mol. The number of aromatic nitrogens is 2. The standard InChI is InChI=1S/C13H22N4O/c1-13(2,3)16-7-10-6-14-17(11(10)8-16)9-12(18)15(4)5/h6H,7-9H2,1-5H3. The van der Waals surface area contributed by atoms with E-state index in [9.17, 15) is 4.79 Å². The summed E-state index contributed by atoms with van der Waals surface area (Å²) in [7, 11) is 3.54. The average Bonchev–Trinajstić information content (AvgIpc) is 2.78. The first-order valence-corrected chi connectivity index (χ1v) is 6.28. The molecular formula is C13H22N4O. The van der Waals surface area contributed by atoms with Crippen LogP contribution in [0.15, 0.2) is 6.20 Å². The third-order valence-corrected chi connectivity index (χ3v) is 3.47. The second-order valence-corrected chi connectivity index (χ2v) is 6.09. The van der Waals surface area contributed by atoms with E-state index in [4.69, 9.17) is 0 Å². The van der Waals surface area contributed by atoms with Crippen LogP contribution in [0, 0.1) is 0 Å². The molecule has 0 saturated heterocycles. The molecule has 2 heterocycles. The summed E-state index contributed by atoms with van der Waals surface area (Å²) in [5.41, 5.74) is 2.58. The maximum atomic E-state index is 11.7. The fraction of sp³-hybridized carbons (Fsp3) is 0.692. The summed E-state index contributed by atoms with van der Waals surface area (Å²) in [6, 6.07) is 0. The summed E-state index contributed by atoms with van der Waals surface area (Å²) in [4.78, 5) is 15.7. The third-order valence-electron chi connectivity index (χ3n) is 3.47. The molecule has 5 heteroatoms. The van der Waals surface area contributed by atoms with E-state index < -0.39 is 0 Å². The van der Waals surface area contributed by atoms with Gasteiger partial charge in [0.05, 0.1) is 11.9 Å². The van der Waals surface area contributed by atoms with Gasteiger partial charge in [-0.2, -0.15) is 5.10 Å². The Kier molecular flexibility index (Phi) is 3.19. The number of carbonyl (C=O) groups is 1. The first kappa shape index (κ1) is 13.1. The molecule has 1 aliphatic rings. The van der Waals surface area contributed by atoms with Gasteiger partial charge in [0, 0.05) is 38.3 Å². The minimum absolute atomic E-state index is 0.0788. The highest BCUT2D eigenvalue weighted by atomic mass is 16.2. The van der Waals surface area contributed by atoms with Crippen LogP contribution >= 0.6 is 0 Å². The number of fused-ring (bicyclic) bond motifs is 1. The number of hydrogen-bond acceptors (Lipinski definition) is 3. The van der Waals surface area contributed by atoms with Crippen LogP contribution in [0.4, 0.5) is 0 Å². The number of amides is 1. The lowest BCUT2D eigenvalue weighted by Crippen LogP contribution is -2.37. The van der Waals surface area contributed by atoms with Crippen molar-refractivity contribution in [3.05, 3.63) is 17.5 Å². The highest BCUT2D eigenvalue weighted by Gasteiger charge is 2.31. The molecule has 0 aromatic carbocycles. The van der Waals surface area contributed by atoms with Gasteiger partial charge in [-0.1, -0.05) is 0 Å². The van der Waals surface area contributed by atoms with Crippen molar-refractivity contribution in [2.45, 2.75) is 45.9 Å². The van der Waals surface area contributed by atoms with Gasteiger partial charge >= 0.3 is 0 Å². The summed E-state index contributed by atoms with van der Waals surface area (Å²) in [5.74, 6) is 0.0788. The van der Waals surface area contributed by atoms with E-state index in [1.807, 2.05) is 10.9 Å². The summed E-state index contributed by atoms with van der Waals surface area (Å²) in [6.07, 6.45) is 1.89. The molecule has 0 atom stereocenters. The van der Waals surface area contributed by atoms with Crippen molar-refractivity contribution in [2.75, 3.05) is 14.1 Å². The van der Waals surface area contributed by atoms with Gasteiger partial charge in [-0.05, 0) is 20.8 Å². The van der Waals surface area contributed by atoms with Crippen molar-refractivity contribution in [2.24, 2.45) is 0 Å². The topological polar surface area (TPSA) is 41.4 Å². The van der Waals surface area contributed by atoms with Crippen molar-refractivity contribution in [3.63, 3.8) is 0 Å². The van der Waals surface area contributed by atoms with E-state index in [-0.39, 0.29) is 11.4 Å². The Hall–Kier alpha value is -1.36. The summed E-state index contributed by atoms with van der Waals surface area (Å²) >= 11 is 0. The lowest BCUT2D eigenvalue weighted by Gasteiger charge is -2.31. The first-order chi connectivity index (χ1) is 8.29. The number of hydrogen-bond donors (Lipinski definition) is 0. The van der Waals surface area contributed by atoms with Crippen LogP contribution in [0.2, 0.25) is 0 Å².